The highest BCUT2D eigenvalue weighted by molar-refractivity contribution is 5.81. The van der Waals surface area contributed by atoms with Gasteiger partial charge in [-0.15, -0.1) is 0 Å². The van der Waals surface area contributed by atoms with E-state index in [1.165, 1.54) is 0 Å². The largest absolute Gasteiger partial charge is 0.444 e. The van der Waals surface area contributed by atoms with Crippen LogP contribution in [0.5, 0.6) is 0 Å². The second-order valence-electron chi connectivity index (χ2n) is 5.26. The standard InChI is InChI=1S/C12H25N3O4/c1-8(15-11(17)19-12(2,3)4)9(10(13)16)14-6-7-18-5/h8-9,14H,6-7H2,1-5H3,(H2,13,16)(H,15,17). The summed E-state index contributed by atoms with van der Waals surface area (Å²) >= 11 is 0. The van der Waals surface area contributed by atoms with Crippen molar-refractivity contribution < 1.29 is 19.1 Å². The fourth-order valence-corrected chi connectivity index (χ4v) is 1.42. The van der Waals surface area contributed by atoms with Crippen LogP contribution in [0.4, 0.5) is 4.79 Å². The number of rotatable bonds is 7. The zero-order valence-electron chi connectivity index (χ0n) is 12.3. The normalized spacial score (nSPS) is 14.6. The SMILES string of the molecule is COCCNC(C(N)=O)C(C)NC(=O)OC(C)(C)C. The van der Waals surface area contributed by atoms with E-state index in [4.69, 9.17) is 15.2 Å². The van der Waals surface area contributed by atoms with Gasteiger partial charge in [0.25, 0.3) is 0 Å². The summed E-state index contributed by atoms with van der Waals surface area (Å²) in [6, 6.07) is -1.16. The molecule has 0 aromatic heterocycles. The number of primary amides is 1. The molecule has 4 N–H and O–H groups in total. The van der Waals surface area contributed by atoms with Gasteiger partial charge in [-0.2, -0.15) is 0 Å². The maximum Gasteiger partial charge on any atom is 0.407 e. The zero-order chi connectivity index (χ0) is 15.1. The molecule has 0 aromatic carbocycles. The molecule has 0 saturated heterocycles. The Balaban J connectivity index is 4.35. The van der Waals surface area contributed by atoms with Gasteiger partial charge in [0.15, 0.2) is 0 Å². The summed E-state index contributed by atoms with van der Waals surface area (Å²) in [6.07, 6.45) is -0.584. The number of alkyl carbamates (subject to hydrolysis) is 1. The lowest BCUT2D eigenvalue weighted by molar-refractivity contribution is -0.120. The molecule has 0 aromatic rings. The highest BCUT2D eigenvalue weighted by Gasteiger charge is 2.25. The third-order valence-electron chi connectivity index (χ3n) is 2.22. The number of carbonyl (C=O) groups is 2. The summed E-state index contributed by atoms with van der Waals surface area (Å²) in [7, 11) is 1.56. The molecule has 0 radical (unpaired) electrons. The number of ether oxygens (including phenoxy) is 2. The average molecular weight is 275 g/mol. The molecule has 0 rings (SSSR count). The number of hydrogen-bond acceptors (Lipinski definition) is 5. The highest BCUT2D eigenvalue weighted by atomic mass is 16.6. The first kappa shape index (κ1) is 17.7. The fourth-order valence-electron chi connectivity index (χ4n) is 1.42. The Morgan fingerprint density at radius 1 is 1.32 bits per heavy atom. The lowest BCUT2D eigenvalue weighted by Crippen LogP contribution is -2.56. The van der Waals surface area contributed by atoms with Crippen molar-refractivity contribution in [1.29, 1.82) is 0 Å². The Bertz CT molecular complexity index is 302. The van der Waals surface area contributed by atoms with Crippen molar-refractivity contribution in [1.82, 2.24) is 10.6 Å². The first-order valence-electron chi connectivity index (χ1n) is 6.18. The fraction of sp³-hybridized carbons (Fsp3) is 0.833. The number of nitrogens with two attached hydrogens (primary N) is 1. The van der Waals surface area contributed by atoms with Crippen LogP contribution >= 0.6 is 0 Å². The summed E-state index contributed by atoms with van der Waals surface area (Å²) in [4.78, 5) is 22.9. The molecule has 19 heavy (non-hydrogen) atoms. The van der Waals surface area contributed by atoms with Gasteiger partial charge >= 0.3 is 6.09 Å². The second kappa shape index (κ2) is 7.96. The van der Waals surface area contributed by atoms with Crippen molar-refractivity contribution in [3.63, 3.8) is 0 Å². The summed E-state index contributed by atoms with van der Waals surface area (Å²) < 4.78 is 9.98. The molecule has 0 spiro atoms. The molecule has 0 saturated carbocycles. The monoisotopic (exact) mass is 275 g/mol. The molecule has 7 heteroatoms. The molecule has 112 valence electrons. The van der Waals surface area contributed by atoms with E-state index >= 15 is 0 Å². The number of amides is 2. The van der Waals surface area contributed by atoms with Gasteiger partial charge in [-0.3, -0.25) is 4.79 Å². The van der Waals surface area contributed by atoms with Crippen molar-refractivity contribution in [3.8, 4) is 0 Å². The Morgan fingerprint density at radius 3 is 2.32 bits per heavy atom. The molecule has 2 unspecified atom stereocenters. The van der Waals surface area contributed by atoms with Crippen molar-refractivity contribution in [2.45, 2.75) is 45.4 Å². The average Bonchev–Trinajstić information content (AvgIpc) is 2.20. The van der Waals surface area contributed by atoms with Crippen LogP contribution in [0.2, 0.25) is 0 Å². The van der Waals surface area contributed by atoms with Gasteiger partial charge in [0.1, 0.15) is 11.6 Å². The third-order valence-corrected chi connectivity index (χ3v) is 2.22. The molecule has 2 atom stereocenters. The van der Waals surface area contributed by atoms with E-state index in [-0.39, 0.29) is 0 Å². The molecule has 0 fully saturated rings. The van der Waals surface area contributed by atoms with Crippen molar-refractivity contribution in [3.05, 3.63) is 0 Å². The molecule has 7 nitrogen and oxygen atoms in total. The maximum absolute atomic E-state index is 11.6. The molecular formula is C12H25N3O4. The van der Waals surface area contributed by atoms with Crippen LogP contribution in [0.15, 0.2) is 0 Å². The van der Waals surface area contributed by atoms with Gasteiger partial charge in [0, 0.05) is 13.7 Å². The Kier molecular flexibility index (Phi) is 7.40. The van der Waals surface area contributed by atoms with Crippen LogP contribution < -0.4 is 16.4 Å². The highest BCUT2D eigenvalue weighted by Crippen LogP contribution is 2.07. The van der Waals surface area contributed by atoms with Crippen LogP contribution in [-0.2, 0) is 14.3 Å². The van der Waals surface area contributed by atoms with E-state index in [2.05, 4.69) is 10.6 Å². The van der Waals surface area contributed by atoms with Crippen LogP contribution in [0.1, 0.15) is 27.7 Å². The first-order valence-corrected chi connectivity index (χ1v) is 6.18. The topological polar surface area (TPSA) is 103 Å². The van der Waals surface area contributed by atoms with Gasteiger partial charge in [-0.25, -0.2) is 4.79 Å². The van der Waals surface area contributed by atoms with Crippen LogP contribution in [-0.4, -0.2) is 49.9 Å². The quantitative estimate of drug-likeness (QED) is 0.567. The summed E-state index contributed by atoms with van der Waals surface area (Å²) in [5, 5.41) is 5.50. The lowest BCUT2D eigenvalue weighted by Gasteiger charge is -2.26. The van der Waals surface area contributed by atoms with E-state index in [9.17, 15) is 9.59 Å². The first-order chi connectivity index (χ1) is 8.67. The van der Waals surface area contributed by atoms with Crippen molar-refractivity contribution in [2.75, 3.05) is 20.3 Å². The van der Waals surface area contributed by atoms with Gasteiger partial charge in [0.2, 0.25) is 5.91 Å². The molecule has 0 aliphatic rings. The van der Waals surface area contributed by atoms with E-state index in [0.717, 1.165) is 0 Å². The minimum absolute atomic E-state index is 0.447. The lowest BCUT2D eigenvalue weighted by atomic mass is 10.1. The van der Waals surface area contributed by atoms with Crippen LogP contribution in [0, 0.1) is 0 Å². The number of nitrogens with one attached hydrogen (secondary N) is 2. The molecule has 0 bridgehead atoms. The third kappa shape index (κ3) is 8.39. The molecule has 0 heterocycles. The number of hydrogen-bond donors (Lipinski definition) is 3. The van der Waals surface area contributed by atoms with Crippen molar-refractivity contribution >= 4 is 12.0 Å². The van der Waals surface area contributed by atoms with E-state index in [0.29, 0.717) is 13.2 Å². The number of methoxy groups -OCH3 is 1. The van der Waals surface area contributed by atoms with Gasteiger partial charge in [0.05, 0.1) is 12.6 Å². The predicted molar refractivity (Wildman–Crippen MR) is 71.7 cm³/mol. The number of carbonyl (C=O) groups excluding carboxylic acids is 2. The van der Waals surface area contributed by atoms with Gasteiger partial charge < -0.3 is 25.8 Å². The predicted octanol–water partition coefficient (Wildman–Crippen LogP) is -0.0105. The molecule has 0 aliphatic carbocycles. The van der Waals surface area contributed by atoms with E-state index in [1.807, 2.05) is 0 Å². The summed E-state index contributed by atoms with van der Waals surface area (Å²) in [5.41, 5.74) is 4.70. The Hall–Kier alpha value is -1.34. The Labute approximate surface area is 114 Å². The van der Waals surface area contributed by atoms with E-state index in [1.54, 1.807) is 34.8 Å². The smallest absolute Gasteiger partial charge is 0.407 e. The minimum Gasteiger partial charge on any atom is -0.444 e. The molecule has 0 aliphatic heterocycles. The van der Waals surface area contributed by atoms with Gasteiger partial charge in [-0.05, 0) is 27.7 Å². The van der Waals surface area contributed by atoms with Crippen LogP contribution in [0.3, 0.4) is 0 Å². The van der Waals surface area contributed by atoms with Crippen molar-refractivity contribution in [2.24, 2.45) is 5.73 Å². The summed E-state index contributed by atoms with van der Waals surface area (Å²) in [5.74, 6) is -0.542. The maximum atomic E-state index is 11.6. The van der Waals surface area contributed by atoms with Gasteiger partial charge in [-0.1, -0.05) is 0 Å². The van der Waals surface area contributed by atoms with Crippen LogP contribution in [0.25, 0.3) is 0 Å². The minimum atomic E-state index is -0.678. The zero-order valence-corrected chi connectivity index (χ0v) is 12.3. The molecular weight excluding hydrogens is 250 g/mol. The summed E-state index contributed by atoms with van der Waals surface area (Å²) in [6.45, 7) is 7.88. The van der Waals surface area contributed by atoms with E-state index < -0.39 is 29.7 Å². The Morgan fingerprint density at radius 2 is 1.89 bits per heavy atom. The second-order valence-corrected chi connectivity index (χ2v) is 5.26. The molecule has 2 amide bonds.